The third-order valence-electron chi connectivity index (χ3n) is 2.45. The number of carbonyl (C=O) groups excluding carboxylic acids is 2. The van der Waals surface area contributed by atoms with Crippen LogP contribution in [-0.4, -0.2) is 27.2 Å². The highest BCUT2D eigenvalue weighted by Gasteiger charge is 2.34. The largest absolute Gasteiger partial charge is 0.351 e. The van der Waals surface area contributed by atoms with Crippen LogP contribution in [0.15, 0.2) is 35.9 Å². The zero-order valence-electron chi connectivity index (χ0n) is 9.42. The number of aryl methyl sites for hydroxylation is 1. The third-order valence-corrected chi connectivity index (χ3v) is 3.36. The van der Waals surface area contributed by atoms with Gasteiger partial charge in [0.2, 0.25) is 0 Å². The summed E-state index contributed by atoms with van der Waals surface area (Å²) in [5, 5.41) is -0.240. The molecule has 0 saturated carbocycles. The van der Waals surface area contributed by atoms with E-state index in [0.29, 0.717) is 4.91 Å². The Hall–Kier alpha value is -1.75. The van der Waals surface area contributed by atoms with Crippen molar-refractivity contribution in [3.8, 4) is 0 Å². The summed E-state index contributed by atoms with van der Waals surface area (Å²) in [6, 6.07) is 3.78. The maximum absolute atomic E-state index is 11.9. The molecule has 0 unspecified atom stereocenters. The SMILES string of the molecule is C=CCN1C(=O)SC(=Cc2cccn2C)C1=O. The maximum atomic E-state index is 11.9. The van der Waals surface area contributed by atoms with Crippen LogP contribution < -0.4 is 0 Å². The van der Waals surface area contributed by atoms with Gasteiger partial charge >= 0.3 is 0 Å². The lowest BCUT2D eigenvalue weighted by Crippen LogP contribution is -2.27. The molecule has 0 aromatic carbocycles. The average Bonchev–Trinajstić information content (AvgIpc) is 2.79. The third kappa shape index (κ3) is 2.19. The normalized spacial score (nSPS) is 18.2. The van der Waals surface area contributed by atoms with E-state index in [1.54, 1.807) is 12.2 Å². The van der Waals surface area contributed by atoms with E-state index >= 15 is 0 Å². The van der Waals surface area contributed by atoms with Gasteiger partial charge in [-0.3, -0.25) is 14.5 Å². The van der Waals surface area contributed by atoms with Crippen molar-refractivity contribution >= 4 is 29.0 Å². The number of thioether (sulfide) groups is 1. The van der Waals surface area contributed by atoms with Crippen molar-refractivity contribution in [1.29, 1.82) is 0 Å². The topological polar surface area (TPSA) is 42.3 Å². The van der Waals surface area contributed by atoms with Crippen molar-refractivity contribution in [3.05, 3.63) is 41.6 Å². The first-order valence-corrected chi connectivity index (χ1v) is 5.92. The number of amides is 2. The Morgan fingerprint density at radius 2 is 2.24 bits per heavy atom. The van der Waals surface area contributed by atoms with Crippen molar-refractivity contribution in [2.75, 3.05) is 6.54 Å². The van der Waals surface area contributed by atoms with Crippen LogP contribution in [0.25, 0.3) is 6.08 Å². The van der Waals surface area contributed by atoms with Gasteiger partial charge in [0.25, 0.3) is 11.1 Å². The van der Waals surface area contributed by atoms with Gasteiger partial charge in [-0.05, 0) is 30.0 Å². The van der Waals surface area contributed by atoms with Crippen LogP contribution in [0.1, 0.15) is 5.69 Å². The first-order valence-electron chi connectivity index (χ1n) is 5.11. The minimum atomic E-state index is -0.249. The summed E-state index contributed by atoms with van der Waals surface area (Å²) in [7, 11) is 1.89. The Labute approximate surface area is 104 Å². The summed E-state index contributed by atoms with van der Waals surface area (Å²) in [5.41, 5.74) is 0.897. The molecule has 17 heavy (non-hydrogen) atoms. The molecule has 0 atom stereocenters. The van der Waals surface area contributed by atoms with Gasteiger partial charge < -0.3 is 4.57 Å². The van der Waals surface area contributed by atoms with E-state index in [4.69, 9.17) is 0 Å². The second-order valence-electron chi connectivity index (χ2n) is 3.62. The Morgan fingerprint density at radius 1 is 1.47 bits per heavy atom. The zero-order valence-corrected chi connectivity index (χ0v) is 10.2. The Morgan fingerprint density at radius 3 is 2.82 bits per heavy atom. The Kier molecular flexibility index (Phi) is 3.19. The molecule has 0 spiro atoms. The summed E-state index contributed by atoms with van der Waals surface area (Å²) < 4.78 is 1.89. The molecular weight excluding hydrogens is 236 g/mol. The van der Waals surface area contributed by atoms with E-state index in [9.17, 15) is 9.59 Å². The number of hydrogen-bond acceptors (Lipinski definition) is 3. The molecule has 5 heteroatoms. The fourth-order valence-corrected chi connectivity index (χ4v) is 2.38. The fraction of sp³-hybridized carbons (Fsp3) is 0.167. The van der Waals surface area contributed by atoms with Crippen LogP contribution in [0.4, 0.5) is 4.79 Å². The second-order valence-corrected chi connectivity index (χ2v) is 4.62. The number of aromatic nitrogens is 1. The first-order chi connectivity index (χ1) is 8.13. The van der Waals surface area contributed by atoms with Gasteiger partial charge in [-0.2, -0.15) is 0 Å². The van der Waals surface area contributed by atoms with Gasteiger partial charge in [-0.15, -0.1) is 6.58 Å². The monoisotopic (exact) mass is 248 g/mol. The molecule has 1 saturated heterocycles. The van der Waals surface area contributed by atoms with Crippen molar-refractivity contribution < 1.29 is 9.59 Å². The van der Waals surface area contributed by atoms with Gasteiger partial charge in [0, 0.05) is 25.5 Å². The van der Waals surface area contributed by atoms with Gasteiger partial charge in [0.1, 0.15) is 0 Å². The molecule has 1 aromatic heterocycles. The number of carbonyl (C=O) groups is 2. The molecule has 1 fully saturated rings. The lowest BCUT2D eigenvalue weighted by molar-refractivity contribution is -0.122. The smallest absolute Gasteiger partial charge is 0.293 e. The van der Waals surface area contributed by atoms with Crippen molar-refractivity contribution in [1.82, 2.24) is 9.47 Å². The molecule has 1 aliphatic heterocycles. The molecule has 88 valence electrons. The standard InChI is InChI=1S/C12H12N2O2S/c1-3-6-14-11(15)10(17-12(14)16)8-9-5-4-7-13(9)2/h3-5,7-8H,1,6H2,2H3. The molecule has 1 aromatic rings. The van der Waals surface area contributed by atoms with E-state index in [-0.39, 0.29) is 17.7 Å². The molecule has 0 bridgehead atoms. The van der Waals surface area contributed by atoms with Gasteiger partial charge in [-0.25, -0.2) is 0 Å². The van der Waals surface area contributed by atoms with Gasteiger partial charge in [-0.1, -0.05) is 6.08 Å². The summed E-state index contributed by atoms with van der Waals surface area (Å²) >= 11 is 0.966. The first kappa shape index (κ1) is 11.7. The molecule has 2 amide bonds. The van der Waals surface area contributed by atoms with Crippen LogP contribution in [0, 0.1) is 0 Å². The summed E-state index contributed by atoms with van der Waals surface area (Å²) in [6.07, 6.45) is 5.16. The Balaban J connectivity index is 2.28. The van der Waals surface area contributed by atoms with Crippen LogP contribution in [0.2, 0.25) is 0 Å². The average molecular weight is 248 g/mol. The maximum Gasteiger partial charge on any atom is 0.293 e. The molecule has 0 radical (unpaired) electrons. The molecule has 2 rings (SSSR count). The molecule has 4 nitrogen and oxygen atoms in total. The summed E-state index contributed by atoms with van der Waals surface area (Å²) in [4.78, 5) is 25.1. The highest BCUT2D eigenvalue weighted by atomic mass is 32.2. The van der Waals surface area contributed by atoms with E-state index in [2.05, 4.69) is 6.58 Å². The van der Waals surface area contributed by atoms with Crippen LogP contribution in [-0.2, 0) is 11.8 Å². The highest BCUT2D eigenvalue weighted by Crippen LogP contribution is 2.31. The summed E-state index contributed by atoms with van der Waals surface area (Å²) in [6.45, 7) is 3.79. The number of nitrogens with zero attached hydrogens (tertiary/aromatic N) is 2. The highest BCUT2D eigenvalue weighted by molar-refractivity contribution is 8.18. The van der Waals surface area contributed by atoms with Gasteiger partial charge in [0.15, 0.2) is 0 Å². The molecule has 0 N–H and O–H groups in total. The van der Waals surface area contributed by atoms with E-state index in [1.165, 1.54) is 4.90 Å². The minimum absolute atomic E-state index is 0.240. The van der Waals surface area contributed by atoms with Gasteiger partial charge in [0.05, 0.1) is 4.91 Å². The van der Waals surface area contributed by atoms with Crippen molar-refractivity contribution in [3.63, 3.8) is 0 Å². The molecular formula is C12H12N2O2S. The number of imide groups is 1. The van der Waals surface area contributed by atoms with Crippen molar-refractivity contribution in [2.45, 2.75) is 0 Å². The zero-order chi connectivity index (χ0) is 12.4. The number of hydrogen-bond donors (Lipinski definition) is 0. The second kappa shape index (κ2) is 4.63. The molecule has 0 aliphatic carbocycles. The van der Waals surface area contributed by atoms with Crippen LogP contribution in [0.5, 0.6) is 0 Å². The minimum Gasteiger partial charge on any atom is -0.351 e. The molecule has 2 heterocycles. The Bertz CT molecular complexity index is 516. The van der Waals surface area contributed by atoms with Crippen LogP contribution >= 0.6 is 11.8 Å². The van der Waals surface area contributed by atoms with E-state index in [1.807, 2.05) is 29.9 Å². The van der Waals surface area contributed by atoms with E-state index < -0.39 is 0 Å². The predicted octanol–water partition coefficient (Wildman–Crippen LogP) is 2.25. The quantitative estimate of drug-likeness (QED) is 0.608. The number of rotatable bonds is 3. The predicted molar refractivity (Wildman–Crippen MR) is 68.3 cm³/mol. The van der Waals surface area contributed by atoms with Crippen LogP contribution in [0.3, 0.4) is 0 Å². The lowest BCUT2D eigenvalue weighted by Gasteiger charge is -2.07. The fourth-order valence-electron chi connectivity index (χ4n) is 1.55. The van der Waals surface area contributed by atoms with Crippen molar-refractivity contribution in [2.24, 2.45) is 7.05 Å². The molecule has 1 aliphatic rings. The summed E-state index contributed by atoms with van der Waals surface area (Å²) in [5.74, 6) is -0.249. The lowest BCUT2D eigenvalue weighted by atomic mass is 10.3. The van der Waals surface area contributed by atoms with E-state index in [0.717, 1.165) is 17.5 Å².